The molecule has 0 unspecified atom stereocenters. The molecule has 2 aromatic carbocycles. The van der Waals surface area contributed by atoms with Crippen LogP contribution in [0.4, 0.5) is 0 Å². The van der Waals surface area contributed by atoms with Crippen LogP contribution in [0.15, 0.2) is 53.4 Å². The standard InChI is InChI=1S/C19H20N4O3S/c20-18-17-9-2-1-6-15(17)13-23(18)21-19(24)14-7-5-8-16(12-14)27(25,26)22-10-3-4-11-22/h1-2,5-9,12,20H,3-4,10-11,13H2,(H,21,24)/p+1. The van der Waals surface area contributed by atoms with Gasteiger partial charge >= 0.3 is 0 Å². The van der Waals surface area contributed by atoms with Crippen molar-refractivity contribution in [1.82, 2.24) is 9.73 Å². The number of carbonyl (C=O) groups is 1. The van der Waals surface area contributed by atoms with Gasteiger partial charge in [-0.05, 0) is 37.1 Å². The van der Waals surface area contributed by atoms with Gasteiger partial charge in [-0.3, -0.25) is 10.5 Å². The van der Waals surface area contributed by atoms with Crippen molar-refractivity contribution in [2.45, 2.75) is 24.3 Å². The van der Waals surface area contributed by atoms with Crippen LogP contribution in [-0.4, -0.2) is 42.2 Å². The van der Waals surface area contributed by atoms with Gasteiger partial charge in [-0.1, -0.05) is 24.3 Å². The first-order chi connectivity index (χ1) is 13.0. The van der Waals surface area contributed by atoms with Gasteiger partial charge in [0.25, 0.3) is 11.7 Å². The monoisotopic (exact) mass is 385 g/mol. The van der Waals surface area contributed by atoms with E-state index in [2.05, 4.69) is 5.43 Å². The molecule has 140 valence electrons. The highest BCUT2D eigenvalue weighted by Gasteiger charge is 2.29. The van der Waals surface area contributed by atoms with Crippen molar-refractivity contribution in [1.29, 1.82) is 0 Å². The Morgan fingerprint density at radius 1 is 1.07 bits per heavy atom. The number of nitrogens with one attached hydrogen (secondary N) is 1. The summed E-state index contributed by atoms with van der Waals surface area (Å²) < 4.78 is 28.5. The molecule has 2 aliphatic rings. The first-order valence-electron chi connectivity index (χ1n) is 8.86. The molecule has 2 aromatic rings. The zero-order valence-electron chi connectivity index (χ0n) is 14.8. The number of nitrogens with two attached hydrogens (primary N) is 1. The van der Waals surface area contributed by atoms with Gasteiger partial charge in [-0.15, -0.1) is 0 Å². The number of amides is 1. The minimum absolute atomic E-state index is 0.138. The fourth-order valence-electron chi connectivity index (χ4n) is 3.47. The summed E-state index contributed by atoms with van der Waals surface area (Å²) in [5.41, 5.74) is 11.1. The van der Waals surface area contributed by atoms with Crippen LogP contribution in [-0.2, 0) is 16.6 Å². The Kier molecular flexibility index (Phi) is 4.45. The highest BCUT2D eigenvalue weighted by Crippen LogP contribution is 2.22. The fourth-order valence-corrected chi connectivity index (χ4v) is 5.03. The Balaban J connectivity index is 1.56. The molecule has 0 spiro atoms. The number of hydrazone groups is 1. The molecule has 0 atom stereocenters. The Morgan fingerprint density at radius 3 is 2.56 bits per heavy atom. The maximum absolute atomic E-state index is 12.7. The molecular formula is C19H21N4O3S+. The quantitative estimate of drug-likeness (QED) is 0.769. The molecule has 1 saturated heterocycles. The van der Waals surface area contributed by atoms with Crippen LogP contribution >= 0.6 is 0 Å². The number of rotatable bonds is 4. The third kappa shape index (κ3) is 3.22. The topological polar surface area (TPSA) is 95.5 Å². The molecule has 1 fully saturated rings. The Bertz CT molecular complexity index is 1040. The largest absolute Gasteiger partial charge is 0.299 e. The number of carbonyl (C=O) groups excluding carboxylic acids is 1. The van der Waals surface area contributed by atoms with E-state index in [-0.39, 0.29) is 10.5 Å². The van der Waals surface area contributed by atoms with E-state index in [4.69, 9.17) is 5.73 Å². The zero-order valence-corrected chi connectivity index (χ0v) is 15.6. The molecule has 0 saturated carbocycles. The van der Waals surface area contributed by atoms with E-state index in [1.807, 2.05) is 24.3 Å². The summed E-state index contributed by atoms with van der Waals surface area (Å²) in [6.45, 7) is 1.52. The van der Waals surface area contributed by atoms with E-state index in [0.29, 0.717) is 25.5 Å². The zero-order chi connectivity index (χ0) is 19.0. The highest BCUT2D eigenvalue weighted by molar-refractivity contribution is 7.89. The second-order valence-corrected chi connectivity index (χ2v) is 8.65. The van der Waals surface area contributed by atoms with Gasteiger partial charge in [0.15, 0.2) is 0 Å². The molecule has 0 radical (unpaired) electrons. The SMILES string of the molecule is NC1=[N+](NC(=O)c2cccc(S(=O)(=O)N3CCCC3)c2)Cc2ccccc21. The van der Waals surface area contributed by atoms with Crippen molar-refractivity contribution in [2.24, 2.45) is 5.73 Å². The van der Waals surface area contributed by atoms with Crippen molar-refractivity contribution in [3.8, 4) is 0 Å². The van der Waals surface area contributed by atoms with E-state index in [0.717, 1.165) is 24.0 Å². The normalized spacial score (nSPS) is 17.2. The van der Waals surface area contributed by atoms with Gasteiger partial charge < -0.3 is 0 Å². The molecule has 2 heterocycles. The fraction of sp³-hybridized carbons (Fsp3) is 0.263. The van der Waals surface area contributed by atoms with Crippen LogP contribution in [0, 0.1) is 0 Å². The van der Waals surface area contributed by atoms with Crippen molar-refractivity contribution in [2.75, 3.05) is 13.1 Å². The number of hydrogen-bond acceptors (Lipinski definition) is 4. The van der Waals surface area contributed by atoms with Crippen LogP contribution in [0.25, 0.3) is 0 Å². The molecule has 7 nitrogen and oxygen atoms in total. The van der Waals surface area contributed by atoms with E-state index in [1.54, 1.807) is 16.8 Å². The number of sulfonamides is 1. The average molecular weight is 385 g/mol. The van der Waals surface area contributed by atoms with Crippen LogP contribution in [0.3, 0.4) is 0 Å². The summed E-state index contributed by atoms with van der Waals surface area (Å²) in [5, 5.41) is 0. The van der Waals surface area contributed by atoms with E-state index < -0.39 is 15.9 Å². The molecular weight excluding hydrogens is 364 g/mol. The van der Waals surface area contributed by atoms with Gasteiger partial charge in [0.1, 0.15) is 6.54 Å². The predicted molar refractivity (Wildman–Crippen MR) is 101 cm³/mol. The predicted octanol–water partition coefficient (Wildman–Crippen LogP) is 1.05. The lowest BCUT2D eigenvalue weighted by Gasteiger charge is -2.16. The average Bonchev–Trinajstić information content (AvgIpc) is 3.32. The number of nitrogens with zero attached hydrogens (tertiary/aromatic N) is 2. The number of fused-ring (bicyclic) bond motifs is 1. The molecule has 1 amide bonds. The molecule has 2 aliphatic heterocycles. The minimum atomic E-state index is -3.57. The molecule has 0 aliphatic carbocycles. The van der Waals surface area contributed by atoms with E-state index >= 15 is 0 Å². The van der Waals surface area contributed by atoms with E-state index in [9.17, 15) is 13.2 Å². The van der Waals surface area contributed by atoms with Crippen LogP contribution < -0.4 is 11.2 Å². The smallest absolute Gasteiger partial charge is 0.285 e. The summed E-state index contributed by atoms with van der Waals surface area (Å²) in [7, 11) is -3.57. The lowest BCUT2D eigenvalue weighted by Crippen LogP contribution is -2.38. The van der Waals surface area contributed by atoms with Crippen LogP contribution in [0.5, 0.6) is 0 Å². The maximum atomic E-state index is 12.7. The molecule has 4 rings (SSSR count). The summed E-state index contributed by atoms with van der Waals surface area (Å²) in [6, 6.07) is 13.8. The molecule has 3 N–H and O–H groups in total. The molecule has 8 heteroatoms. The van der Waals surface area contributed by atoms with Gasteiger partial charge in [-0.25, -0.2) is 8.42 Å². The number of hydrogen-bond donors (Lipinski definition) is 2. The van der Waals surface area contributed by atoms with Crippen molar-refractivity contribution >= 4 is 21.8 Å². The Labute approximate surface area is 158 Å². The first kappa shape index (κ1) is 17.7. The number of benzene rings is 2. The van der Waals surface area contributed by atoms with Crippen LogP contribution in [0.1, 0.15) is 34.3 Å². The van der Waals surface area contributed by atoms with Gasteiger partial charge in [-0.2, -0.15) is 14.4 Å². The third-order valence-corrected chi connectivity index (χ3v) is 6.84. The van der Waals surface area contributed by atoms with Gasteiger partial charge in [0.2, 0.25) is 10.0 Å². The lowest BCUT2D eigenvalue weighted by atomic mass is 10.1. The lowest BCUT2D eigenvalue weighted by molar-refractivity contribution is -0.584. The Hall–Kier alpha value is -2.71. The first-order valence-corrected chi connectivity index (χ1v) is 10.3. The minimum Gasteiger partial charge on any atom is -0.285 e. The number of hydrazine groups is 1. The highest BCUT2D eigenvalue weighted by atomic mass is 32.2. The summed E-state index contributed by atoms with van der Waals surface area (Å²) in [4.78, 5) is 12.8. The van der Waals surface area contributed by atoms with Crippen LogP contribution in [0.2, 0.25) is 0 Å². The second-order valence-electron chi connectivity index (χ2n) is 6.71. The molecule has 0 aromatic heterocycles. The summed E-state index contributed by atoms with van der Waals surface area (Å²) in [5.74, 6) is 0.0732. The van der Waals surface area contributed by atoms with Crippen molar-refractivity contribution < 1.29 is 17.9 Å². The Morgan fingerprint density at radius 2 is 1.81 bits per heavy atom. The van der Waals surface area contributed by atoms with Gasteiger partial charge in [0, 0.05) is 24.2 Å². The number of amidine groups is 1. The van der Waals surface area contributed by atoms with Crippen molar-refractivity contribution in [3.05, 3.63) is 65.2 Å². The van der Waals surface area contributed by atoms with Crippen molar-refractivity contribution in [3.63, 3.8) is 0 Å². The maximum Gasteiger partial charge on any atom is 0.299 e. The second kappa shape index (κ2) is 6.79. The molecule has 27 heavy (non-hydrogen) atoms. The molecule has 0 bridgehead atoms. The third-order valence-electron chi connectivity index (χ3n) is 4.95. The summed E-state index contributed by atoms with van der Waals surface area (Å²) in [6.07, 6.45) is 1.73. The van der Waals surface area contributed by atoms with E-state index in [1.165, 1.54) is 16.4 Å². The van der Waals surface area contributed by atoms with Gasteiger partial charge in [0.05, 0.1) is 10.5 Å². The summed E-state index contributed by atoms with van der Waals surface area (Å²) >= 11 is 0.